The molecule has 1 heterocycles. The average molecular weight is 1090 g/mol. The molecule has 352 valence electrons. The van der Waals surface area contributed by atoms with E-state index in [1.54, 1.807) is 0 Å². The number of carbonyl (C=O) groups excluding carboxylic acids is 4. The van der Waals surface area contributed by atoms with Gasteiger partial charge in [-0.2, -0.15) is 0 Å². The number of hydrogen-bond donors (Lipinski definition) is 4. The molecule has 0 aromatic rings. The predicted octanol–water partition coefficient (Wildman–Crippen LogP) is 9.34. The molecule has 1 saturated heterocycles. The summed E-state index contributed by atoms with van der Waals surface area (Å²) in [6.45, 7) is 16.6. The first-order valence-electron chi connectivity index (χ1n) is 23.2. The minimum atomic E-state index is -0.853. The number of halogens is 2. The van der Waals surface area contributed by atoms with E-state index < -0.39 is 18.3 Å². The van der Waals surface area contributed by atoms with E-state index in [0.29, 0.717) is 42.4 Å². The Hall–Kier alpha value is -1.82. The number of ether oxygens (including phenoxy) is 3. The van der Waals surface area contributed by atoms with Crippen LogP contribution in [0.15, 0.2) is 47.6 Å². The molecule has 5 rings (SSSR count). The molecule has 0 radical (unpaired) electrons. The van der Waals surface area contributed by atoms with Crippen LogP contribution < -0.4 is 5.32 Å². The van der Waals surface area contributed by atoms with Crippen molar-refractivity contribution in [1.82, 2.24) is 5.32 Å². The van der Waals surface area contributed by atoms with E-state index >= 15 is 0 Å². The van der Waals surface area contributed by atoms with Crippen molar-refractivity contribution in [3.8, 4) is 0 Å². The number of amides is 1. The molecule has 1 amide bonds. The summed E-state index contributed by atoms with van der Waals surface area (Å²) in [5.41, 5.74) is 2.51. The fourth-order valence-electron chi connectivity index (χ4n) is 9.94. The largest absolute Gasteiger partial charge is 0.462 e. The maximum atomic E-state index is 12.6. The zero-order chi connectivity index (χ0) is 46.3. The number of esters is 3. The summed E-state index contributed by atoms with van der Waals surface area (Å²) >= 11 is 4.24. The van der Waals surface area contributed by atoms with E-state index in [2.05, 4.69) is 107 Å². The lowest BCUT2D eigenvalue weighted by Crippen LogP contribution is -2.42. The summed E-state index contributed by atoms with van der Waals surface area (Å²) < 4.78 is 17.5. The minimum Gasteiger partial charge on any atom is -0.462 e. The molecular formula is C49H77I2NO10. The van der Waals surface area contributed by atoms with Gasteiger partial charge in [0.25, 0.3) is 0 Å². The number of fused-ring (bicyclic) bond motifs is 2. The van der Waals surface area contributed by atoms with Crippen molar-refractivity contribution < 1.29 is 48.7 Å². The van der Waals surface area contributed by atoms with E-state index in [1.807, 2.05) is 27.7 Å². The molecule has 13 heteroatoms. The molecule has 0 bridgehead atoms. The Morgan fingerprint density at radius 2 is 1.27 bits per heavy atom. The van der Waals surface area contributed by atoms with Gasteiger partial charge >= 0.3 is 17.9 Å². The van der Waals surface area contributed by atoms with Crippen LogP contribution in [0.3, 0.4) is 0 Å². The highest BCUT2D eigenvalue weighted by Crippen LogP contribution is 2.47. The smallest absolute Gasteiger partial charge is 0.308 e. The van der Waals surface area contributed by atoms with Gasteiger partial charge in [0, 0.05) is 62.5 Å². The molecule has 0 aromatic carbocycles. The number of cyclic esters (lactones) is 1. The first-order valence-corrected chi connectivity index (χ1v) is 29.5. The van der Waals surface area contributed by atoms with E-state index in [1.165, 1.54) is 18.2 Å². The Kier molecular flexibility index (Phi) is 23.7. The minimum absolute atomic E-state index is 0.00281. The molecule has 4 aliphatic carbocycles. The second-order valence-corrected chi connectivity index (χ2v) is 18.9. The summed E-state index contributed by atoms with van der Waals surface area (Å²) in [7, 11) is 1.53. The molecule has 0 aromatic heterocycles. The van der Waals surface area contributed by atoms with E-state index in [9.17, 15) is 34.5 Å². The Morgan fingerprint density at radius 3 is 1.73 bits per heavy atom. The summed E-state index contributed by atoms with van der Waals surface area (Å²) in [5.74, 6) is 1.33. The molecule has 6 unspecified atom stereocenters. The van der Waals surface area contributed by atoms with E-state index in [-0.39, 0.29) is 91.0 Å². The van der Waals surface area contributed by atoms with Crippen LogP contribution in [0.4, 0.5) is 0 Å². The maximum Gasteiger partial charge on any atom is 0.308 e. The number of aliphatic hydroxyl groups is 3. The van der Waals surface area contributed by atoms with Crippen LogP contribution in [0.2, 0.25) is 0 Å². The zero-order valence-electron chi connectivity index (χ0n) is 38.6. The molecule has 4 N–H and O–H groups in total. The van der Waals surface area contributed by atoms with Crippen molar-refractivity contribution in [3.63, 3.8) is 0 Å². The fourth-order valence-corrected chi connectivity index (χ4v) is 9.94. The van der Waals surface area contributed by atoms with Crippen molar-refractivity contribution in [2.75, 3.05) is 7.05 Å². The van der Waals surface area contributed by atoms with Crippen LogP contribution in [0, 0.1) is 59.2 Å². The van der Waals surface area contributed by atoms with Crippen molar-refractivity contribution in [1.29, 1.82) is 0 Å². The van der Waals surface area contributed by atoms with Crippen molar-refractivity contribution in [2.45, 2.75) is 169 Å². The van der Waals surface area contributed by atoms with Crippen molar-refractivity contribution >= 4 is 61.0 Å². The van der Waals surface area contributed by atoms with Gasteiger partial charge in [0.05, 0.1) is 43.0 Å². The quantitative estimate of drug-likeness (QED) is 0.0664. The standard InChI is InChI=1S/C25H41NO5.C24H36O5.I2/c1-6-16(3)25(30)31-22-12-15(2)11-18-8-7-17(4)21(24(18)22)10-9-19(27)13-20(28)14-23(29)26-5;1-5-15(3)24(27)29-21-11-14(2)10-17-7-6-16(4)20(23(17)21)9-8-19-12-18(25)13-22(26)28-19;1-2/h7-8,11,15-17,19-22,24,27-28H,6,9-10,12-14H2,1-5H3,(H,26,29);6-7,10,14-16,18-21,23,25H,5,8-9,11-13H2,1-4H3;/t15-,16?,17?,19?,20?,21-,22?,24?;14-,15-,16-,18+,19+,20-,21-,23-;/m00./s1. The van der Waals surface area contributed by atoms with Crippen LogP contribution >= 0.6 is 37.2 Å². The lowest BCUT2D eigenvalue weighted by atomic mass is 9.65. The second-order valence-electron chi connectivity index (χ2n) is 18.9. The van der Waals surface area contributed by atoms with Crippen LogP contribution in [0.5, 0.6) is 0 Å². The van der Waals surface area contributed by atoms with Crippen LogP contribution in [-0.2, 0) is 33.4 Å². The predicted molar refractivity (Wildman–Crippen MR) is 260 cm³/mol. The highest BCUT2D eigenvalue weighted by molar-refractivity contribution is 15.0. The third kappa shape index (κ3) is 16.3. The first kappa shape index (κ1) is 54.5. The van der Waals surface area contributed by atoms with Crippen LogP contribution in [0.1, 0.15) is 132 Å². The third-order valence-corrected chi connectivity index (χ3v) is 13.9. The van der Waals surface area contributed by atoms with Gasteiger partial charge in [-0.05, 0) is 104 Å². The van der Waals surface area contributed by atoms with Gasteiger partial charge in [-0.15, -0.1) is 0 Å². The number of carbonyl (C=O) groups is 4. The number of allylic oxidation sites excluding steroid dienone is 6. The maximum absolute atomic E-state index is 12.6. The Balaban J connectivity index is 0.000000318. The molecule has 5 aliphatic rings. The number of rotatable bonds is 16. The van der Waals surface area contributed by atoms with Gasteiger partial charge in [-0.3, -0.25) is 19.2 Å². The molecule has 0 spiro atoms. The molecule has 16 atom stereocenters. The first-order chi connectivity index (χ1) is 29.4. The lowest BCUT2D eigenvalue weighted by Gasteiger charge is -2.43. The molecule has 62 heavy (non-hydrogen) atoms. The molecule has 0 saturated carbocycles. The fraction of sp³-hybridized carbons (Fsp3) is 0.755. The second kappa shape index (κ2) is 27.0. The molecule has 11 nitrogen and oxygen atoms in total. The summed E-state index contributed by atoms with van der Waals surface area (Å²) in [5, 5.41) is 32.9. The van der Waals surface area contributed by atoms with Crippen LogP contribution in [-0.4, -0.2) is 82.8 Å². The average Bonchev–Trinajstić information content (AvgIpc) is 3.22. The number of hydrogen-bond acceptors (Lipinski definition) is 10. The zero-order valence-corrected chi connectivity index (χ0v) is 43.0. The monoisotopic (exact) mass is 1090 g/mol. The Morgan fingerprint density at radius 1 is 0.790 bits per heavy atom. The summed E-state index contributed by atoms with van der Waals surface area (Å²) in [6.07, 6.45) is 17.8. The van der Waals surface area contributed by atoms with Crippen molar-refractivity contribution in [2.24, 2.45) is 59.2 Å². The Bertz CT molecular complexity index is 1580. The van der Waals surface area contributed by atoms with Gasteiger partial charge in [0.1, 0.15) is 18.3 Å². The summed E-state index contributed by atoms with van der Waals surface area (Å²) in [6, 6.07) is 0. The van der Waals surface area contributed by atoms with Gasteiger partial charge in [0.15, 0.2) is 0 Å². The number of aliphatic hydroxyl groups excluding tert-OH is 3. The molecule has 1 aliphatic heterocycles. The topological polar surface area (TPSA) is 169 Å². The number of nitrogens with one attached hydrogen (secondary N) is 1. The Labute approximate surface area is 395 Å². The van der Waals surface area contributed by atoms with Crippen LogP contribution in [0.25, 0.3) is 0 Å². The lowest BCUT2D eigenvalue weighted by molar-refractivity contribution is -0.162. The third-order valence-electron chi connectivity index (χ3n) is 13.9. The highest BCUT2D eigenvalue weighted by atomic mass is 128. The highest BCUT2D eigenvalue weighted by Gasteiger charge is 2.43. The van der Waals surface area contributed by atoms with Crippen molar-refractivity contribution in [3.05, 3.63) is 47.6 Å². The SMILES string of the molecule is CCC(C)C(=O)OC1C[C@@H](C)C=C2C=CC(C)[C@H](CCC(O)CC(O)CC(=O)NC)C21.CC[C@H](C)C(=O)O[C@H]1C[C@@H](C)C=C2C=C[C@H](C)[C@H](CC[C@@H]3C[C@@H](O)CC(=O)O3)[C@H]21.II. The van der Waals surface area contributed by atoms with Gasteiger partial charge in [-0.25, -0.2) is 0 Å². The van der Waals surface area contributed by atoms with E-state index in [4.69, 9.17) is 14.2 Å². The molecular weight excluding hydrogens is 1020 g/mol. The summed E-state index contributed by atoms with van der Waals surface area (Å²) in [4.78, 5) is 48.2. The van der Waals surface area contributed by atoms with E-state index in [0.717, 1.165) is 44.9 Å². The normalized spacial score (nSPS) is 33.1. The van der Waals surface area contributed by atoms with Gasteiger partial charge in [-0.1, -0.05) is 91.8 Å². The van der Waals surface area contributed by atoms with Gasteiger partial charge < -0.3 is 34.8 Å². The van der Waals surface area contributed by atoms with Gasteiger partial charge in [0.2, 0.25) is 5.91 Å². The molecule has 1 fully saturated rings.